The third kappa shape index (κ3) is 6.67. The molecule has 0 amide bonds. The minimum absolute atomic E-state index is 0.205. The molecule has 0 radical (unpaired) electrons. The van der Waals surface area contributed by atoms with Crippen LogP contribution in [0, 0.1) is 0 Å². The predicted molar refractivity (Wildman–Crippen MR) is 118 cm³/mol. The Morgan fingerprint density at radius 2 is 1.54 bits per heavy atom. The molecule has 0 aliphatic heterocycles. The van der Waals surface area contributed by atoms with Crippen LogP contribution in [0.4, 0.5) is 11.4 Å². The number of hydrogen-bond acceptors (Lipinski definition) is 4. The monoisotopic (exact) mass is 462 g/mol. The molecular formula is C21H23BrN2O3S. The van der Waals surface area contributed by atoms with Crippen LogP contribution in [0.15, 0.2) is 88.2 Å². The molecule has 0 bridgehead atoms. The molecule has 0 spiro atoms. The smallest absolute Gasteiger partial charge is 0.294 e. The molecule has 0 aliphatic carbocycles. The fourth-order valence-electron chi connectivity index (χ4n) is 2.51. The Balaban J connectivity index is 0.000000209. The molecule has 0 aromatic heterocycles. The highest BCUT2D eigenvalue weighted by Gasteiger charge is 2.10. The molecule has 0 saturated heterocycles. The van der Waals surface area contributed by atoms with E-state index in [1.807, 2.05) is 0 Å². The average molecular weight is 463 g/mol. The molecule has 148 valence electrons. The normalized spacial score (nSPS) is 10.7. The van der Waals surface area contributed by atoms with E-state index in [1.165, 1.54) is 29.4 Å². The topological polar surface area (TPSA) is 83.6 Å². The summed E-state index contributed by atoms with van der Waals surface area (Å²) in [6.45, 7) is 4.19. The molecule has 3 aromatic carbocycles. The van der Waals surface area contributed by atoms with E-state index in [9.17, 15) is 8.42 Å². The summed E-state index contributed by atoms with van der Waals surface area (Å²) in [5.74, 6) is 0. The minimum atomic E-state index is -4.14. The molecule has 0 atom stereocenters. The fraction of sp³-hybridized carbons (Fsp3) is 0.143. The van der Waals surface area contributed by atoms with Gasteiger partial charge in [0.2, 0.25) is 0 Å². The molecular weight excluding hydrogens is 440 g/mol. The van der Waals surface area contributed by atoms with Crippen LogP contribution in [-0.4, -0.2) is 19.5 Å². The Morgan fingerprint density at radius 3 is 2.04 bits per heavy atom. The van der Waals surface area contributed by atoms with E-state index >= 15 is 0 Å². The van der Waals surface area contributed by atoms with E-state index in [-0.39, 0.29) is 10.6 Å². The zero-order chi connectivity index (χ0) is 20.6. The lowest BCUT2D eigenvalue weighted by Crippen LogP contribution is -2.21. The number of benzene rings is 3. The molecule has 0 aliphatic rings. The highest BCUT2D eigenvalue weighted by atomic mass is 79.9. The lowest BCUT2D eigenvalue weighted by Gasteiger charge is -2.23. The van der Waals surface area contributed by atoms with Gasteiger partial charge in [-0.15, -0.1) is 0 Å². The number of anilines is 2. The van der Waals surface area contributed by atoms with Crippen LogP contribution in [0.5, 0.6) is 0 Å². The first-order chi connectivity index (χ1) is 13.3. The van der Waals surface area contributed by atoms with Gasteiger partial charge in [0.25, 0.3) is 10.1 Å². The van der Waals surface area contributed by atoms with Crippen molar-refractivity contribution in [2.75, 3.05) is 17.2 Å². The number of nitrogens with two attached hydrogens (primary N) is 1. The van der Waals surface area contributed by atoms with Gasteiger partial charge in [0.15, 0.2) is 0 Å². The summed E-state index contributed by atoms with van der Waals surface area (Å²) in [4.78, 5) is 2.17. The Bertz CT molecular complexity index is 981. The third-order valence-electron chi connectivity index (χ3n) is 3.98. The van der Waals surface area contributed by atoms with Crippen molar-refractivity contribution in [1.29, 1.82) is 0 Å². The number of nitrogen functional groups attached to an aromatic ring is 1. The molecule has 3 aromatic rings. The van der Waals surface area contributed by atoms with E-state index in [0.29, 0.717) is 4.47 Å². The molecule has 7 heteroatoms. The van der Waals surface area contributed by atoms with Crippen molar-refractivity contribution >= 4 is 37.4 Å². The van der Waals surface area contributed by atoms with Gasteiger partial charge in [0.1, 0.15) is 0 Å². The van der Waals surface area contributed by atoms with E-state index in [0.717, 1.165) is 13.1 Å². The molecule has 5 nitrogen and oxygen atoms in total. The lowest BCUT2D eigenvalue weighted by molar-refractivity contribution is 0.483. The third-order valence-corrected chi connectivity index (χ3v) is 5.56. The summed E-state index contributed by atoms with van der Waals surface area (Å²) in [6, 6.07) is 25.0. The standard InChI is InChI=1S/C15H17N.C6H6BrNO3S/c1-2-16(15-11-7-4-8-12-15)13-14-9-5-3-6-10-14;7-5-2-1-4(3-6(5)8)12(9,10)11/h3-12H,2,13H2,1H3;1-3H,8H2,(H,9,10,11). The predicted octanol–water partition coefficient (Wildman–Crippen LogP) is 4.99. The van der Waals surface area contributed by atoms with Gasteiger partial charge in [0, 0.05) is 28.9 Å². The average Bonchev–Trinajstić information content (AvgIpc) is 2.69. The van der Waals surface area contributed by atoms with Gasteiger partial charge in [-0.05, 0) is 58.7 Å². The van der Waals surface area contributed by atoms with Crippen LogP contribution in [0.25, 0.3) is 0 Å². The number of nitrogens with zero attached hydrogens (tertiary/aromatic N) is 1. The van der Waals surface area contributed by atoms with Gasteiger partial charge < -0.3 is 10.6 Å². The van der Waals surface area contributed by atoms with Gasteiger partial charge >= 0.3 is 0 Å². The number of halogens is 1. The van der Waals surface area contributed by atoms with E-state index < -0.39 is 10.1 Å². The quantitative estimate of drug-likeness (QED) is 0.412. The maximum Gasteiger partial charge on any atom is 0.294 e. The van der Waals surface area contributed by atoms with Gasteiger partial charge in [-0.2, -0.15) is 8.42 Å². The highest BCUT2D eigenvalue weighted by molar-refractivity contribution is 9.10. The molecule has 3 rings (SSSR count). The zero-order valence-corrected chi connectivity index (χ0v) is 17.9. The Kier molecular flexibility index (Phi) is 8.04. The van der Waals surface area contributed by atoms with Crippen LogP contribution >= 0.6 is 15.9 Å². The van der Waals surface area contributed by atoms with Gasteiger partial charge in [-0.3, -0.25) is 4.55 Å². The first-order valence-electron chi connectivity index (χ1n) is 8.67. The molecule has 3 N–H and O–H groups in total. The molecule has 0 heterocycles. The molecule has 0 fully saturated rings. The molecule has 28 heavy (non-hydrogen) atoms. The van der Waals surface area contributed by atoms with Crippen LogP contribution < -0.4 is 10.6 Å². The summed E-state index contributed by atoms with van der Waals surface area (Å²) in [5, 5.41) is 0. The van der Waals surface area contributed by atoms with Crippen LogP contribution in [0.2, 0.25) is 0 Å². The van der Waals surface area contributed by atoms with E-state index in [1.54, 1.807) is 0 Å². The van der Waals surface area contributed by atoms with Crippen molar-refractivity contribution in [2.45, 2.75) is 18.4 Å². The van der Waals surface area contributed by atoms with Crippen molar-refractivity contribution in [2.24, 2.45) is 0 Å². The van der Waals surface area contributed by atoms with Gasteiger partial charge in [-0.1, -0.05) is 48.5 Å². The number of para-hydroxylation sites is 1. The zero-order valence-electron chi connectivity index (χ0n) is 15.5. The SMILES string of the molecule is CCN(Cc1ccccc1)c1ccccc1.Nc1cc(S(=O)(=O)O)ccc1Br. The second kappa shape index (κ2) is 10.3. The van der Waals surface area contributed by atoms with Crippen molar-refractivity contribution in [3.05, 3.63) is 88.9 Å². The summed E-state index contributed by atoms with van der Waals surface area (Å²) in [7, 11) is -4.14. The Labute approximate surface area is 174 Å². The van der Waals surface area contributed by atoms with Crippen LogP contribution in [0.1, 0.15) is 12.5 Å². The number of rotatable bonds is 5. The highest BCUT2D eigenvalue weighted by Crippen LogP contribution is 2.22. The Morgan fingerprint density at radius 1 is 0.964 bits per heavy atom. The summed E-state index contributed by atoms with van der Waals surface area (Å²) in [5.41, 5.74) is 8.30. The summed E-state index contributed by atoms with van der Waals surface area (Å²) < 4.78 is 30.4. The van der Waals surface area contributed by atoms with Gasteiger partial charge in [0.05, 0.1) is 4.90 Å². The van der Waals surface area contributed by atoms with E-state index in [4.69, 9.17) is 10.3 Å². The maximum atomic E-state index is 10.6. The second-order valence-electron chi connectivity index (χ2n) is 5.99. The van der Waals surface area contributed by atoms with Crippen LogP contribution in [-0.2, 0) is 16.7 Å². The van der Waals surface area contributed by atoms with Crippen LogP contribution in [0.3, 0.4) is 0 Å². The summed E-state index contributed by atoms with van der Waals surface area (Å²) in [6.07, 6.45) is 0. The minimum Gasteiger partial charge on any atom is -0.398 e. The number of hydrogen-bond donors (Lipinski definition) is 2. The lowest BCUT2D eigenvalue weighted by atomic mass is 10.2. The largest absolute Gasteiger partial charge is 0.398 e. The first kappa shape index (κ1) is 21.9. The van der Waals surface area contributed by atoms with Crippen molar-refractivity contribution in [3.63, 3.8) is 0 Å². The fourth-order valence-corrected chi connectivity index (χ4v) is 3.27. The van der Waals surface area contributed by atoms with Crippen molar-refractivity contribution in [3.8, 4) is 0 Å². The first-order valence-corrected chi connectivity index (χ1v) is 10.9. The van der Waals surface area contributed by atoms with E-state index in [2.05, 4.69) is 88.4 Å². The maximum absolute atomic E-state index is 10.6. The van der Waals surface area contributed by atoms with Crippen molar-refractivity contribution < 1.29 is 13.0 Å². The molecule has 0 saturated carbocycles. The van der Waals surface area contributed by atoms with Crippen molar-refractivity contribution in [1.82, 2.24) is 0 Å². The summed E-state index contributed by atoms with van der Waals surface area (Å²) >= 11 is 3.09. The second-order valence-corrected chi connectivity index (χ2v) is 8.27. The Hall–Kier alpha value is -2.35. The molecule has 0 unspecified atom stereocenters. The van der Waals surface area contributed by atoms with Gasteiger partial charge in [-0.25, -0.2) is 0 Å².